The molecule has 0 aromatic rings. The van der Waals surface area contributed by atoms with E-state index in [0.29, 0.717) is 6.42 Å². The van der Waals surface area contributed by atoms with Gasteiger partial charge in [0.2, 0.25) is 0 Å². The fraction of sp³-hybridized carbons (Fsp3) is 0.375. The molecule has 2 aliphatic rings. The summed E-state index contributed by atoms with van der Waals surface area (Å²) < 4.78 is 5.30. The summed E-state index contributed by atoms with van der Waals surface area (Å²) in [5.41, 5.74) is -0.240. The summed E-state index contributed by atoms with van der Waals surface area (Å²) in [4.78, 5) is 10.2. The number of rotatable bonds is 2. The van der Waals surface area contributed by atoms with Crippen LogP contribution in [0.5, 0.6) is 0 Å². The lowest BCUT2D eigenvalue weighted by Crippen LogP contribution is -2.12. The lowest BCUT2D eigenvalue weighted by molar-refractivity contribution is -0.108. The molecule has 0 spiro atoms. The Balaban J connectivity index is 2.15. The van der Waals surface area contributed by atoms with Gasteiger partial charge in [-0.05, 0) is 6.08 Å². The zero-order valence-electron chi connectivity index (χ0n) is 5.49. The van der Waals surface area contributed by atoms with Crippen molar-refractivity contribution in [2.45, 2.75) is 18.1 Å². The molecule has 1 fully saturated rings. The number of fused-ring (bicyclic) bond motifs is 1. The molecule has 0 bridgehead atoms. The summed E-state index contributed by atoms with van der Waals surface area (Å²) in [6.45, 7) is 0. The first-order chi connectivity index (χ1) is 4.87. The molecular weight excluding hydrogens is 128 g/mol. The number of hydrogen-bond acceptors (Lipinski definition) is 2. The van der Waals surface area contributed by atoms with E-state index in [1.807, 2.05) is 24.3 Å². The molecule has 0 aromatic heterocycles. The molecule has 0 aromatic carbocycles. The molecule has 10 heavy (non-hydrogen) atoms. The monoisotopic (exact) mass is 136 g/mol. The smallest absolute Gasteiger partial charge is 0.124 e. The Morgan fingerprint density at radius 2 is 2.50 bits per heavy atom. The zero-order valence-corrected chi connectivity index (χ0v) is 5.49. The second-order valence-electron chi connectivity index (χ2n) is 2.61. The van der Waals surface area contributed by atoms with E-state index in [9.17, 15) is 4.79 Å². The summed E-state index contributed by atoms with van der Waals surface area (Å²) in [6, 6.07) is 0. The number of epoxide rings is 1. The van der Waals surface area contributed by atoms with Gasteiger partial charge < -0.3 is 9.53 Å². The van der Waals surface area contributed by atoms with Gasteiger partial charge in [0, 0.05) is 6.42 Å². The predicted molar refractivity (Wildman–Crippen MR) is 36.6 cm³/mol. The van der Waals surface area contributed by atoms with Crippen LogP contribution >= 0.6 is 0 Å². The molecule has 1 saturated heterocycles. The van der Waals surface area contributed by atoms with Crippen molar-refractivity contribution in [2.75, 3.05) is 0 Å². The molecule has 1 heterocycles. The van der Waals surface area contributed by atoms with Gasteiger partial charge in [-0.15, -0.1) is 0 Å². The summed E-state index contributed by atoms with van der Waals surface area (Å²) in [5.74, 6) is 0. The Kier molecular flexibility index (Phi) is 1.05. The number of carbonyl (C=O) groups excluding carboxylic acids is 1. The normalized spacial score (nSPS) is 41.0. The molecule has 2 nitrogen and oxygen atoms in total. The standard InChI is InChI=1S/C8H8O2/c9-6-5-8-4-2-1-3-7(8)10-8/h1-4,6-7H,5H2. The Hall–Kier alpha value is -0.890. The van der Waals surface area contributed by atoms with E-state index in [-0.39, 0.29) is 11.7 Å². The van der Waals surface area contributed by atoms with Crippen molar-refractivity contribution >= 4 is 6.29 Å². The van der Waals surface area contributed by atoms with Gasteiger partial charge in [-0.2, -0.15) is 0 Å². The summed E-state index contributed by atoms with van der Waals surface area (Å²) in [6.07, 6.45) is 9.35. The van der Waals surface area contributed by atoms with Gasteiger partial charge in [0.25, 0.3) is 0 Å². The Labute approximate surface area is 59.2 Å². The Bertz CT molecular complexity index is 217. The van der Waals surface area contributed by atoms with Crippen LogP contribution in [0.1, 0.15) is 6.42 Å². The molecule has 52 valence electrons. The van der Waals surface area contributed by atoms with E-state index < -0.39 is 0 Å². The largest absolute Gasteiger partial charge is 0.357 e. The summed E-state index contributed by atoms with van der Waals surface area (Å²) in [7, 11) is 0. The fourth-order valence-electron chi connectivity index (χ4n) is 1.28. The van der Waals surface area contributed by atoms with Crippen LogP contribution in [0.2, 0.25) is 0 Å². The van der Waals surface area contributed by atoms with Crippen molar-refractivity contribution in [1.82, 2.24) is 0 Å². The molecular formula is C8H8O2. The molecule has 1 aliphatic carbocycles. The van der Waals surface area contributed by atoms with Crippen molar-refractivity contribution < 1.29 is 9.53 Å². The second kappa shape index (κ2) is 1.80. The first-order valence-electron chi connectivity index (χ1n) is 3.35. The molecule has 2 unspecified atom stereocenters. The highest BCUT2D eigenvalue weighted by atomic mass is 16.6. The average Bonchev–Trinajstić information content (AvgIpc) is 2.62. The van der Waals surface area contributed by atoms with Crippen LogP contribution in [0.3, 0.4) is 0 Å². The van der Waals surface area contributed by atoms with Crippen LogP contribution in [0.25, 0.3) is 0 Å². The van der Waals surface area contributed by atoms with E-state index in [1.165, 1.54) is 0 Å². The van der Waals surface area contributed by atoms with Gasteiger partial charge >= 0.3 is 0 Å². The van der Waals surface area contributed by atoms with Gasteiger partial charge in [0.15, 0.2) is 0 Å². The molecule has 2 heteroatoms. The van der Waals surface area contributed by atoms with Crippen molar-refractivity contribution in [2.24, 2.45) is 0 Å². The first kappa shape index (κ1) is 5.86. The van der Waals surface area contributed by atoms with Crippen molar-refractivity contribution in [3.05, 3.63) is 24.3 Å². The maximum atomic E-state index is 10.2. The van der Waals surface area contributed by atoms with Crippen LogP contribution in [0.15, 0.2) is 24.3 Å². The third-order valence-electron chi connectivity index (χ3n) is 1.95. The van der Waals surface area contributed by atoms with E-state index in [2.05, 4.69) is 0 Å². The number of allylic oxidation sites excluding steroid dienone is 2. The molecule has 0 N–H and O–H groups in total. The minimum Gasteiger partial charge on any atom is -0.357 e. The number of hydrogen-bond donors (Lipinski definition) is 0. The van der Waals surface area contributed by atoms with Crippen LogP contribution in [0, 0.1) is 0 Å². The third kappa shape index (κ3) is 0.656. The van der Waals surface area contributed by atoms with Crippen molar-refractivity contribution in [3.8, 4) is 0 Å². The average molecular weight is 136 g/mol. The molecule has 2 rings (SSSR count). The van der Waals surface area contributed by atoms with Crippen LogP contribution in [0.4, 0.5) is 0 Å². The molecule has 0 amide bonds. The highest BCUT2D eigenvalue weighted by Gasteiger charge is 2.53. The lowest BCUT2D eigenvalue weighted by atomic mass is 9.98. The Morgan fingerprint density at radius 3 is 3.20 bits per heavy atom. The van der Waals surface area contributed by atoms with Gasteiger partial charge in [-0.3, -0.25) is 0 Å². The highest BCUT2D eigenvalue weighted by Crippen LogP contribution is 2.43. The van der Waals surface area contributed by atoms with E-state index >= 15 is 0 Å². The van der Waals surface area contributed by atoms with Crippen molar-refractivity contribution in [1.29, 1.82) is 0 Å². The minimum absolute atomic E-state index is 0.169. The van der Waals surface area contributed by atoms with Crippen LogP contribution in [-0.2, 0) is 9.53 Å². The number of ether oxygens (including phenoxy) is 1. The topological polar surface area (TPSA) is 29.6 Å². The number of carbonyl (C=O) groups is 1. The van der Waals surface area contributed by atoms with Crippen LogP contribution in [-0.4, -0.2) is 18.0 Å². The van der Waals surface area contributed by atoms with Gasteiger partial charge in [-0.25, -0.2) is 0 Å². The molecule has 1 aliphatic heterocycles. The summed E-state index contributed by atoms with van der Waals surface area (Å²) in [5, 5.41) is 0. The Morgan fingerprint density at radius 1 is 1.60 bits per heavy atom. The first-order valence-corrected chi connectivity index (χ1v) is 3.35. The van der Waals surface area contributed by atoms with Crippen LogP contribution < -0.4 is 0 Å². The number of aldehydes is 1. The minimum atomic E-state index is -0.240. The molecule has 0 radical (unpaired) electrons. The van der Waals surface area contributed by atoms with Gasteiger partial charge in [0.1, 0.15) is 18.0 Å². The van der Waals surface area contributed by atoms with E-state index in [0.717, 1.165) is 6.29 Å². The molecule has 2 atom stereocenters. The van der Waals surface area contributed by atoms with E-state index in [1.54, 1.807) is 0 Å². The fourth-order valence-corrected chi connectivity index (χ4v) is 1.28. The lowest BCUT2D eigenvalue weighted by Gasteiger charge is -2.01. The van der Waals surface area contributed by atoms with E-state index in [4.69, 9.17) is 4.74 Å². The molecule has 0 saturated carbocycles. The van der Waals surface area contributed by atoms with Gasteiger partial charge in [0.05, 0.1) is 0 Å². The highest BCUT2D eigenvalue weighted by molar-refractivity contribution is 5.55. The van der Waals surface area contributed by atoms with Crippen molar-refractivity contribution in [3.63, 3.8) is 0 Å². The zero-order chi connectivity index (χ0) is 7.03. The van der Waals surface area contributed by atoms with Gasteiger partial charge in [-0.1, -0.05) is 18.2 Å². The maximum Gasteiger partial charge on any atom is 0.124 e. The maximum absolute atomic E-state index is 10.2. The quantitative estimate of drug-likeness (QED) is 0.416. The second-order valence-corrected chi connectivity index (χ2v) is 2.61. The SMILES string of the molecule is O=CCC12C=CC=CC1O2. The third-order valence-corrected chi connectivity index (χ3v) is 1.95. The predicted octanol–water partition coefficient (Wildman–Crippen LogP) is 0.839. The summed E-state index contributed by atoms with van der Waals surface area (Å²) >= 11 is 0.